The van der Waals surface area contributed by atoms with Crippen molar-refractivity contribution in [3.8, 4) is 0 Å². The third-order valence-electron chi connectivity index (χ3n) is 3.66. The van der Waals surface area contributed by atoms with E-state index in [1.165, 1.54) is 0 Å². The van der Waals surface area contributed by atoms with Gasteiger partial charge < -0.3 is 14.5 Å². The molecular formula is C13H21NO2. The van der Waals surface area contributed by atoms with Gasteiger partial charge in [0, 0.05) is 12.1 Å². The monoisotopic (exact) mass is 223 g/mol. The Labute approximate surface area is 97.2 Å². The van der Waals surface area contributed by atoms with Crippen molar-refractivity contribution in [2.75, 3.05) is 13.2 Å². The standard InChI is InChI=1S/C13H21NO2/c1-4-13(5-2)9-15-12(8-14-13)11-7-6-10(3)16-11/h6-7,12,14H,4-5,8-9H2,1-3H3. The second kappa shape index (κ2) is 4.60. The lowest BCUT2D eigenvalue weighted by atomic mass is 9.92. The van der Waals surface area contributed by atoms with E-state index in [1.807, 2.05) is 19.1 Å². The molecule has 2 rings (SSSR count). The average Bonchev–Trinajstić information content (AvgIpc) is 2.76. The molecule has 0 aliphatic carbocycles. The summed E-state index contributed by atoms with van der Waals surface area (Å²) in [6.07, 6.45) is 2.28. The van der Waals surface area contributed by atoms with Gasteiger partial charge in [-0.25, -0.2) is 0 Å². The Hall–Kier alpha value is -0.800. The maximum atomic E-state index is 5.92. The summed E-state index contributed by atoms with van der Waals surface area (Å²) in [7, 11) is 0. The number of rotatable bonds is 3. The van der Waals surface area contributed by atoms with Crippen LogP contribution in [0.15, 0.2) is 16.5 Å². The number of morpholine rings is 1. The van der Waals surface area contributed by atoms with E-state index in [-0.39, 0.29) is 11.6 Å². The van der Waals surface area contributed by atoms with Gasteiger partial charge in [-0.15, -0.1) is 0 Å². The second-order valence-corrected chi connectivity index (χ2v) is 4.62. The summed E-state index contributed by atoms with van der Waals surface area (Å²) in [5.41, 5.74) is 0.165. The fraction of sp³-hybridized carbons (Fsp3) is 0.692. The summed E-state index contributed by atoms with van der Waals surface area (Å²) in [4.78, 5) is 0. The van der Waals surface area contributed by atoms with E-state index in [0.717, 1.165) is 37.5 Å². The van der Waals surface area contributed by atoms with Gasteiger partial charge in [0.05, 0.1) is 6.61 Å². The first-order chi connectivity index (χ1) is 7.69. The minimum absolute atomic E-state index is 0.0694. The Morgan fingerprint density at radius 1 is 1.38 bits per heavy atom. The molecule has 0 aromatic carbocycles. The zero-order chi connectivity index (χ0) is 11.6. The molecule has 1 fully saturated rings. The molecule has 0 spiro atoms. The summed E-state index contributed by atoms with van der Waals surface area (Å²) in [6.45, 7) is 7.98. The van der Waals surface area contributed by atoms with Crippen molar-refractivity contribution in [3.63, 3.8) is 0 Å². The lowest BCUT2D eigenvalue weighted by Gasteiger charge is -2.39. The summed E-state index contributed by atoms with van der Waals surface area (Å²) in [5, 5.41) is 3.60. The first-order valence-corrected chi connectivity index (χ1v) is 6.12. The molecule has 2 heterocycles. The van der Waals surface area contributed by atoms with E-state index >= 15 is 0 Å². The van der Waals surface area contributed by atoms with Crippen LogP contribution in [0, 0.1) is 6.92 Å². The lowest BCUT2D eigenvalue weighted by Crippen LogP contribution is -2.54. The Balaban J connectivity index is 1.99. The molecule has 3 heteroatoms. The van der Waals surface area contributed by atoms with E-state index < -0.39 is 0 Å². The molecule has 1 unspecified atom stereocenters. The van der Waals surface area contributed by atoms with Crippen molar-refractivity contribution in [1.29, 1.82) is 0 Å². The van der Waals surface area contributed by atoms with Crippen molar-refractivity contribution in [2.24, 2.45) is 0 Å². The number of aryl methyl sites for hydroxylation is 1. The number of hydrogen-bond acceptors (Lipinski definition) is 3. The zero-order valence-corrected chi connectivity index (χ0v) is 10.4. The Morgan fingerprint density at radius 3 is 2.56 bits per heavy atom. The largest absolute Gasteiger partial charge is 0.464 e. The fourth-order valence-electron chi connectivity index (χ4n) is 2.19. The smallest absolute Gasteiger partial charge is 0.134 e. The number of hydrogen-bond donors (Lipinski definition) is 1. The van der Waals surface area contributed by atoms with Crippen LogP contribution < -0.4 is 5.32 Å². The maximum absolute atomic E-state index is 5.92. The number of ether oxygens (including phenoxy) is 1. The third kappa shape index (κ3) is 2.15. The Bertz CT molecular complexity index is 331. The minimum Gasteiger partial charge on any atom is -0.464 e. The van der Waals surface area contributed by atoms with Gasteiger partial charge in [0.25, 0.3) is 0 Å². The van der Waals surface area contributed by atoms with Crippen molar-refractivity contribution in [2.45, 2.75) is 45.3 Å². The predicted octanol–water partition coefficient (Wildman–Crippen LogP) is 2.81. The fourth-order valence-corrected chi connectivity index (χ4v) is 2.19. The topological polar surface area (TPSA) is 34.4 Å². The van der Waals surface area contributed by atoms with Gasteiger partial charge in [0.2, 0.25) is 0 Å². The van der Waals surface area contributed by atoms with Crippen molar-refractivity contribution in [3.05, 3.63) is 23.7 Å². The molecule has 1 N–H and O–H groups in total. The molecule has 1 aromatic rings. The Kier molecular flexibility index (Phi) is 3.36. The van der Waals surface area contributed by atoms with E-state index in [1.54, 1.807) is 0 Å². The molecule has 0 bridgehead atoms. The van der Waals surface area contributed by atoms with Gasteiger partial charge in [0.1, 0.15) is 17.6 Å². The van der Waals surface area contributed by atoms with Gasteiger partial charge in [-0.1, -0.05) is 13.8 Å². The van der Waals surface area contributed by atoms with Gasteiger partial charge in [0.15, 0.2) is 0 Å². The molecule has 1 aliphatic rings. The summed E-state index contributed by atoms with van der Waals surface area (Å²) < 4.78 is 11.5. The van der Waals surface area contributed by atoms with Crippen LogP contribution in [0.2, 0.25) is 0 Å². The SMILES string of the molecule is CCC1(CC)COC(c2ccc(C)o2)CN1. The van der Waals surface area contributed by atoms with Crippen molar-refractivity contribution < 1.29 is 9.15 Å². The molecular weight excluding hydrogens is 202 g/mol. The van der Waals surface area contributed by atoms with Crippen LogP contribution in [0.25, 0.3) is 0 Å². The number of nitrogens with one attached hydrogen (secondary N) is 1. The first kappa shape index (κ1) is 11.7. The molecule has 3 nitrogen and oxygen atoms in total. The van der Waals surface area contributed by atoms with E-state index in [0.29, 0.717) is 0 Å². The third-order valence-corrected chi connectivity index (χ3v) is 3.66. The summed E-state index contributed by atoms with van der Waals surface area (Å²) in [5.74, 6) is 1.88. The average molecular weight is 223 g/mol. The minimum atomic E-state index is 0.0694. The molecule has 16 heavy (non-hydrogen) atoms. The highest BCUT2D eigenvalue weighted by Gasteiger charge is 2.33. The lowest BCUT2D eigenvalue weighted by molar-refractivity contribution is -0.0467. The van der Waals surface area contributed by atoms with E-state index in [4.69, 9.17) is 9.15 Å². The molecule has 1 aromatic heterocycles. The van der Waals surface area contributed by atoms with Crippen molar-refractivity contribution in [1.82, 2.24) is 5.32 Å². The summed E-state index contributed by atoms with van der Waals surface area (Å²) >= 11 is 0. The highest BCUT2D eigenvalue weighted by atomic mass is 16.5. The predicted molar refractivity (Wildman–Crippen MR) is 63.5 cm³/mol. The van der Waals surface area contributed by atoms with E-state index in [2.05, 4.69) is 19.2 Å². The highest BCUT2D eigenvalue weighted by molar-refractivity contribution is 5.10. The molecule has 1 atom stereocenters. The Morgan fingerprint density at radius 2 is 2.12 bits per heavy atom. The van der Waals surface area contributed by atoms with Gasteiger partial charge in [-0.05, 0) is 31.9 Å². The molecule has 1 aliphatic heterocycles. The quantitative estimate of drug-likeness (QED) is 0.855. The van der Waals surface area contributed by atoms with Gasteiger partial charge >= 0.3 is 0 Å². The van der Waals surface area contributed by atoms with Gasteiger partial charge in [-0.2, -0.15) is 0 Å². The van der Waals surface area contributed by atoms with Crippen LogP contribution in [0.1, 0.15) is 44.3 Å². The highest BCUT2D eigenvalue weighted by Crippen LogP contribution is 2.28. The second-order valence-electron chi connectivity index (χ2n) is 4.62. The van der Waals surface area contributed by atoms with Gasteiger partial charge in [-0.3, -0.25) is 0 Å². The van der Waals surface area contributed by atoms with Crippen LogP contribution in [0.5, 0.6) is 0 Å². The number of furan rings is 1. The molecule has 0 amide bonds. The van der Waals surface area contributed by atoms with Crippen LogP contribution in [-0.4, -0.2) is 18.7 Å². The normalized spacial score (nSPS) is 24.6. The molecule has 0 saturated carbocycles. The first-order valence-electron chi connectivity index (χ1n) is 6.12. The van der Waals surface area contributed by atoms with Crippen LogP contribution >= 0.6 is 0 Å². The van der Waals surface area contributed by atoms with E-state index in [9.17, 15) is 0 Å². The summed E-state index contributed by atoms with van der Waals surface area (Å²) in [6, 6.07) is 3.99. The van der Waals surface area contributed by atoms with Crippen molar-refractivity contribution >= 4 is 0 Å². The molecule has 0 radical (unpaired) electrons. The van der Waals surface area contributed by atoms with Crippen LogP contribution in [-0.2, 0) is 4.74 Å². The van der Waals surface area contributed by atoms with Crippen LogP contribution in [0.4, 0.5) is 0 Å². The van der Waals surface area contributed by atoms with Crippen LogP contribution in [0.3, 0.4) is 0 Å². The maximum Gasteiger partial charge on any atom is 0.134 e. The molecule has 1 saturated heterocycles. The zero-order valence-electron chi connectivity index (χ0n) is 10.4. The molecule has 90 valence electrons.